The molecule has 8 heteroatoms. The van der Waals surface area contributed by atoms with Gasteiger partial charge in [-0.25, -0.2) is 0 Å². The van der Waals surface area contributed by atoms with E-state index in [9.17, 15) is 19.2 Å². The van der Waals surface area contributed by atoms with Crippen LogP contribution in [0.1, 0.15) is 60.5 Å². The summed E-state index contributed by atoms with van der Waals surface area (Å²) in [6.07, 6.45) is 1.01. The number of piperazine rings is 1. The van der Waals surface area contributed by atoms with E-state index in [1.54, 1.807) is 4.90 Å². The zero-order chi connectivity index (χ0) is 21.3. The second-order valence-electron chi connectivity index (χ2n) is 9.14. The fraction of sp³-hybridized carbons (Fsp3) is 0.619. The zero-order valence-electron chi connectivity index (χ0n) is 17.6. The first-order valence-electron chi connectivity index (χ1n) is 10.2. The van der Waals surface area contributed by atoms with Gasteiger partial charge >= 0.3 is 0 Å². The maximum atomic E-state index is 12.9. The molecule has 0 unspecified atom stereocenters. The lowest BCUT2D eigenvalue weighted by molar-refractivity contribution is -0.123. The molecule has 1 aromatic heterocycles. The molecule has 1 saturated heterocycles. The summed E-state index contributed by atoms with van der Waals surface area (Å²) in [5.41, 5.74) is 0.447. The molecule has 2 heterocycles. The molecule has 2 amide bonds. The molecular formula is C21H30N4O4. The van der Waals surface area contributed by atoms with E-state index in [0.29, 0.717) is 56.8 Å². The Balaban J connectivity index is 1.68. The molecule has 3 rings (SSSR count). The fourth-order valence-corrected chi connectivity index (χ4v) is 4.04. The Morgan fingerprint density at radius 3 is 2.41 bits per heavy atom. The third-order valence-corrected chi connectivity index (χ3v) is 5.42. The summed E-state index contributed by atoms with van der Waals surface area (Å²) in [4.78, 5) is 56.2. The van der Waals surface area contributed by atoms with Crippen molar-refractivity contribution in [1.29, 1.82) is 0 Å². The summed E-state index contributed by atoms with van der Waals surface area (Å²) in [6, 6.07) is 1.56. The Bertz CT molecular complexity index is 879. The molecular weight excluding hydrogens is 372 g/mol. The van der Waals surface area contributed by atoms with Gasteiger partial charge in [0.25, 0.3) is 11.5 Å². The summed E-state index contributed by atoms with van der Waals surface area (Å²) in [5, 5.41) is 2.86. The van der Waals surface area contributed by atoms with Crippen LogP contribution in [0.5, 0.6) is 0 Å². The van der Waals surface area contributed by atoms with Crippen molar-refractivity contribution in [3.05, 3.63) is 33.2 Å². The number of nitrogens with zero attached hydrogens (tertiary/aromatic N) is 2. The molecule has 2 N–H and O–H groups in total. The number of aromatic nitrogens is 1. The third-order valence-electron chi connectivity index (χ3n) is 5.42. The number of hydrogen-bond donors (Lipinski definition) is 2. The highest BCUT2D eigenvalue weighted by molar-refractivity contribution is 6.02. The van der Waals surface area contributed by atoms with Gasteiger partial charge in [-0.05, 0) is 31.7 Å². The van der Waals surface area contributed by atoms with Gasteiger partial charge in [-0.2, -0.15) is 0 Å². The van der Waals surface area contributed by atoms with Crippen molar-refractivity contribution >= 4 is 17.6 Å². The molecule has 2 aliphatic rings. The predicted molar refractivity (Wildman–Crippen MR) is 109 cm³/mol. The zero-order valence-corrected chi connectivity index (χ0v) is 17.6. The van der Waals surface area contributed by atoms with E-state index in [1.165, 1.54) is 6.07 Å². The van der Waals surface area contributed by atoms with E-state index < -0.39 is 5.56 Å². The predicted octanol–water partition coefficient (Wildman–Crippen LogP) is 0.812. The number of carbonyl (C=O) groups excluding carboxylic acids is 3. The number of fused-ring (bicyclic) bond motifs is 1. The Labute approximate surface area is 170 Å². The molecule has 0 atom stereocenters. The number of pyridine rings is 1. The van der Waals surface area contributed by atoms with Crippen molar-refractivity contribution in [3.8, 4) is 0 Å². The number of hydrogen-bond acceptors (Lipinski definition) is 5. The van der Waals surface area contributed by atoms with Crippen molar-refractivity contribution < 1.29 is 14.4 Å². The lowest BCUT2D eigenvalue weighted by atomic mass is 9.75. The monoisotopic (exact) mass is 402 g/mol. The minimum Gasteiger partial charge on any atom is -0.353 e. The van der Waals surface area contributed by atoms with Crippen molar-refractivity contribution in [2.45, 2.75) is 46.6 Å². The number of amides is 2. The number of nitrogens with one attached hydrogen (secondary N) is 2. The summed E-state index contributed by atoms with van der Waals surface area (Å²) in [5.74, 6) is -0.437. The highest BCUT2D eigenvalue weighted by Crippen LogP contribution is 2.33. The molecule has 8 nitrogen and oxygen atoms in total. The second kappa shape index (κ2) is 8.10. The van der Waals surface area contributed by atoms with E-state index in [1.807, 2.05) is 32.6 Å². The molecule has 0 saturated carbocycles. The Morgan fingerprint density at radius 1 is 1.14 bits per heavy atom. The maximum absolute atomic E-state index is 12.9. The quantitative estimate of drug-likeness (QED) is 0.776. The van der Waals surface area contributed by atoms with Crippen LogP contribution in [0.4, 0.5) is 0 Å². The van der Waals surface area contributed by atoms with Crippen LogP contribution < -0.4 is 10.9 Å². The van der Waals surface area contributed by atoms with Gasteiger partial charge < -0.3 is 15.2 Å². The highest BCUT2D eigenvalue weighted by atomic mass is 16.2. The van der Waals surface area contributed by atoms with E-state index in [2.05, 4.69) is 10.3 Å². The van der Waals surface area contributed by atoms with Gasteiger partial charge in [-0.3, -0.25) is 24.1 Å². The molecule has 0 aromatic carbocycles. The number of Topliss-reactive ketones (excluding diaryl/α,β-unsaturated/α-hetero) is 1. The molecule has 1 aromatic rings. The van der Waals surface area contributed by atoms with Crippen molar-refractivity contribution in [2.24, 2.45) is 5.41 Å². The molecule has 158 valence electrons. The van der Waals surface area contributed by atoms with Crippen molar-refractivity contribution in [3.63, 3.8) is 0 Å². The van der Waals surface area contributed by atoms with Crippen molar-refractivity contribution in [2.75, 3.05) is 32.7 Å². The molecule has 1 aliphatic carbocycles. The molecule has 1 aliphatic heterocycles. The highest BCUT2D eigenvalue weighted by Gasteiger charge is 2.33. The van der Waals surface area contributed by atoms with Gasteiger partial charge in [0, 0.05) is 49.9 Å². The van der Waals surface area contributed by atoms with E-state index in [4.69, 9.17) is 0 Å². The van der Waals surface area contributed by atoms with Gasteiger partial charge in [0.05, 0.1) is 6.54 Å². The molecule has 0 radical (unpaired) electrons. The van der Waals surface area contributed by atoms with Gasteiger partial charge in [0.2, 0.25) is 5.91 Å². The second-order valence-corrected chi connectivity index (χ2v) is 9.14. The van der Waals surface area contributed by atoms with Gasteiger partial charge in [0.15, 0.2) is 5.78 Å². The van der Waals surface area contributed by atoms with Crippen LogP contribution in [0.3, 0.4) is 0 Å². The lowest BCUT2D eigenvalue weighted by Crippen LogP contribution is -2.52. The van der Waals surface area contributed by atoms with Crippen LogP contribution in [-0.4, -0.2) is 71.1 Å². The number of H-pyrrole nitrogens is 1. The molecule has 0 spiro atoms. The Morgan fingerprint density at radius 2 is 1.79 bits per heavy atom. The summed E-state index contributed by atoms with van der Waals surface area (Å²) in [6.45, 7) is 10.1. The standard InChI is InChI=1S/C21H30N4O4/c1-13(2)22-18(27)12-24-5-7-25(8-6-24)20(29)15-9-14-16(23-19(15)28)10-21(3,4)11-17(14)26/h9,13H,5-8,10-12H2,1-4H3,(H,22,27)(H,23,28). The average Bonchev–Trinajstić information content (AvgIpc) is 2.59. The number of rotatable bonds is 4. The normalized spacial score (nSPS) is 19.2. The van der Waals surface area contributed by atoms with Crippen LogP contribution in [0, 0.1) is 5.41 Å². The summed E-state index contributed by atoms with van der Waals surface area (Å²) >= 11 is 0. The van der Waals surface area contributed by atoms with Crippen LogP contribution in [0.2, 0.25) is 0 Å². The first-order chi connectivity index (χ1) is 13.6. The van der Waals surface area contributed by atoms with E-state index in [-0.39, 0.29) is 34.6 Å². The Kier molecular flexibility index (Phi) is 5.93. The molecule has 1 fully saturated rings. The van der Waals surface area contributed by atoms with E-state index in [0.717, 1.165) is 0 Å². The number of aromatic amines is 1. The first-order valence-corrected chi connectivity index (χ1v) is 10.2. The smallest absolute Gasteiger partial charge is 0.261 e. The maximum Gasteiger partial charge on any atom is 0.261 e. The summed E-state index contributed by atoms with van der Waals surface area (Å²) < 4.78 is 0. The molecule has 29 heavy (non-hydrogen) atoms. The summed E-state index contributed by atoms with van der Waals surface area (Å²) in [7, 11) is 0. The topological polar surface area (TPSA) is 103 Å². The molecule has 0 bridgehead atoms. The fourth-order valence-electron chi connectivity index (χ4n) is 4.04. The van der Waals surface area contributed by atoms with Crippen LogP contribution in [-0.2, 0) is 11.2 Å². The third kappa shape index (κ3) is 4.93. The van der Waals surface area contributed by atoms with Gasteiger partial charge in [-0.15, -0.1) is 0 Å². The number of ketones is 1. The van der Waals surface area contributed by atoms with Crippen molar-refractivity contribution in [1.82, 2.24) is 20.1 Å². The number of carbonyl (C=O) groups is 3. The minimum atomic E-state index is -0.446. The van der Waals surface area contributed by atoms with E-state index >= 15 is 0 Å². The van der Waals surface area contributed by atoms with Crippen LogP contribution in [0.25, 0.3) is 0 Å². The van der Waals surface area contributed by atoms with Crippen LogP contribution >= 0.6 is 0 Å². The Hall–Kier alpha value is -2.48. The average molecular weight is 402 g/mol. The SMILES string of the molecule is CC(C)NC(=O)CN1CCN(C(=O)c2cc3c([nH]c2=O)CC(C)(C)CC3=O)CC1. The van der Waals surface area contributed by atoms with Gasteiger partial charge in [0.1, 0.15) is 5.56 Å². The first kappa shape index (κ1) is 21.2. The van der Waals surface area contributed by atoms with Gasteiger partial charge in [-0.1, -0.05) is 13.8 Å². The minimum absolute atomic E-state index is 0.0165. The van der Waals surface area contributed by atoms with Crippen LogP contribution in [0.15, 0.2) is 10.9 Å². The largest absolute Gasteiger partial charge is 0.353 e. The lowest BCUT2D eigenvalue weighted by Gasteiger charge is -2.34.